The molecule has 78 valence electrons. The van der Waals surface area contributed by atoms with Gasteiger partial charge in [0.1, 0.15) is 17.0 Å². The van der Waals surface area contributed by atoms with Crippen molar-refractivity contribution in [2.45, 2.75) is 18.2 Å². The van der Waals surface area contributed by atoms with E-state index >= 15 is 0 Å². The van der Waals surface area contributed by atoms with Crippen molar-refractivity contribution >= 4 is 26.2 Å². The van der Waals surface area contributed by atoms with Crippen molar-refractivity contribution in [2.24, 2.45) is 0 Å². The van der Waals surface area contributed by atoms with Gasteiger partial charge in [-0.25, -0.2) is 4.98 Å². The second kappa shape index (κ2) is 3.28. The lowest BCUT2D eigenvalue weighted by Crippen LogP contribution is -2.19. The molecule has 0 saturated heterocycles. The summed E-state index contributed by atoms with van der Waals surface area (Å²) in [6.07, 6.45) is 0. The Morgan fingerprint density at radius 1 is 1.57 bits per heavy atom. The highest BCUT2D eigenvalue weighted by Gasteiger charge is 2.28. The van der Waals surface area contributed by atoms with Crippen LogP contribution in [0.15, 0.2) is 9.63 Å². The Morgan fingerprint density at radius 2 is 2.29 bits per heavy atom. The van der Waals surface area contributed by atoms with E-state index in [2.05, 4.69) is 20.9 Å². The Bertz CT molecular complexity index is 470. The van der Waals surface area contributed by atoms with Crippen molar-refractivity contribution < 1.29 is 17.0 Å². The molecule has 1 aliphatic rings. The largest absolute Gasteiger partial charge is 0.372 e. The molecule has 0 N–H and O–H groups in total. The third-order valence-corrected chi connectivity index (χ3v) is 3.57. The standard InChI is InChI=1S/C6H6BrFN2O3S/c7-5-6(14(8,11)12)10-1-2-13-3-4(10)9-5/h1-3H2. The van der Waals surface area contributed by atoms with Gasteiger partial charge in [0.05, 0.1) is 6.61 Å². The molecule has 2 rings (SSSR count). The fourth-order valence-corrected chi connectivity index (χ4v) is 3.05. The molecule has 0 unspecified atom stereocenters. The van der Waals surface area contributed by atoms with Gasteiger partial charge in [-0.3, -0.25) is 0 Å². The van der Waals surface area contributed by atoms with Crippen LogP contribution in [0.3, 0.4) is 0 Å². The first-order valence-corrected chi connectivity index (χ1v) is 5.95. The van der Waals surface area contributed by atoms with Gasteiger partial charge in [-0.2, -0.15) is 8.42 Å². The number of hydrogen-bond acceptors (Lipinski definition) is 4. The maximum Gasteiger partial charge on any atom is 0.350 e. The highest BCUT2D eigenvalue weighted by atomic mass is 79.9. The van der Waals surface area contributed by atoms with Gasteiger partial charge in [0.2, 0.25) is 5.03 Å². The predicted molar refractivity (Wildman–Crippen MR) is 47.9 cm³/mol. The molecule has 0 aromatic carbocycles. The lowest BCUT2D eigenvalue weighted by atomic mass is 10.5. The Balaban J connectivity index is 2.65. The van der Waals surface area contributed by atoms with Crippen LogP contribution in [-0.4, -0.2) is 24.6 Å². The smallest absolute Gasteiger partial charge is 0.350 e. The number of imidazole rings is 1. The monoisotopic (exact) mass is 284 g/mol. The number of fused-ring (bicyclic) bond motifs is 1. The van der Waals surface area contributed by atoms with Gasteiger partial charge < -0.3 is 9.30 Å². The normalized spacial score (nSPS) is 16.7. The molecule has 0 fully saturated rings. The summed E-state index contributed by atoms with van der Waals surface area (Å²) in [5.74, 6) is 0.416. The SMILES string of the molecule is O=S(=O)(F)c1c(Br)nc2n1CCOC2. The fraction of sp³-hybridized carbons (Fsp3) is 0.500. The molecule has 0 amide bonds. The molecule has 14 heavy (non-hydrogen) atoms. The number of rotatable bonds is 1. The number of nitrogens with zero attached hydrogens (tertiary/aromatic N) is 2. The van der Waals surface area contributed by atoms with Crippen LogP contribution in [0.25, 0.3) is 0 Å². The minimum atomic E-state index is -4.73. The lowest BCUT2D eigenvalue weighted by Gasteiger charge is -2.15. The molecule has 0 saturated carbocycles. The Hall–Kier alpha value is -0.470. The van der Waals surface area contributed by atoms with Crippen LogP contribution in [0, 0.1) is 0 Å². The highest BCUT2D eigenvalue weighted by molar-refractivity contribution is 9.10. The predicted octanol–water partition coefficient (Wildman–Crippen LogP) is 0.834. The second-order valence-electron chi connectivity index (χ2n) is 2.77. The molecule has 0 bridgehead atoms. The molecule has 0 aliphatic carbocycles. The lowest BCUT2D eigenvalue weighted by molar-refractivity contribution is 0.0786. The first kappa shape index (κ1) is 10.1. The van der Waals surface area contributed by atoms with Crippen LogP contribution in [0.2, 0.25) is 0 Å². The van der Waals surface area contributed by atoms with E-state index in [4.69, 9.17) is 4.74 Å². The maximum atomic E-state index is 12.8. The zero-order valence-corrected chi connectivity index (χ0v) is 9.31. The zero-order chi connectivity index (χ0) is 10.3. The van der Waals surface area contributed by atoms with Crippen molar-refractivity contribution in [2.75, 3.05) is 6.61 Å². The fourth-order valence-electron chi connectivity index (χ4n) is 1.34. The van der Waals surface area contributed by atoms with Crippen molar-refractivity contribution in [3.63, 3.8) is 0 Å². The Kier molecular flexibility index (Phi) is 2.36. The van der Waals surface area contributed by atoms with E-state index in [0.29, 0.717) is 19.0 Å². The summed E-state index contributed by atoms with van der Waals surface area (Å²) in [5.41, 5.74) is 0. The van der Waals surface area contributed by atoms with Gasteiger partial charge in [0.25, 0.3) is 0 Å². The molecular formula is C6H6BrFN2O3S. The molecule has 1 aliphatic heterocycles. The Morgan fingerprint density at radius 3 is 2.93 bits per heavy atom. The molecule has 1 aromatic heterocycles. The quantitative estimate of drug-likeness (QED) is 0.717. The molecule has 0 radical (unpaired) electrons. The summed E-state index contributed by atoms with van der Waals surface area (Å²) < 4.78 is 40.8. The highest BCUT2D eigenvalue weighted by Crippen LogP contribution is 2.26. The minimum absolute atomic E-state index is 0.000463. The molecule has 1 aromatic rings. The molecule has 5 nitrogen and oxygen atoms in total. The molecule has 0 spiro atoms. The van der Waals surface area contributed by atoms with E-state index in [1.54, 1.807) is 0 Å². The average Bonchev–Trinajstić information content (AvgIpc) is 2.38. The number of ether oxygens (including phenoxy) is 1. The molecule has 8 heteroatoms. The van der Waals surface area contributed by atoms with Crippen LogP contribution in [0.1, 0.15) is 5.82 Å². The summed E-state index contributed by atoms with van der Waals surface area (Å²) in [6.45, 7) is 0.860. The number of aromatic nitrogens is 2. The molecule has 2 heterocycles. The number of halogens is 2. The third-order valence-electron chi connectivity index (χ3n) is 1.88. The molecular weight excluding hydrogens is 279 g/mol. The van der Waals surface area contributed by atoms with E-state index in [9.17, 15) is 12.3 Å². The van der Waals surface area contributed by atoms with Gasteiger partial charge in [0, 0.05) is 6.54 Å². The second-order valence-corrected chi connectivity index (χ2v) is 4.78. The van der Waals surface area contributed by atoms with Crippen molar-refractivity contribution in [3.8, 4) is 0 Å². The van der Waals surface area contributed by atoms with Crippen LogP contribution < -0.4 is 0 Å². The van der Waals surface area contributed by atoms with Gasteiger partial charge in [-0.1, -0.05) is 3.89 Å². The van der Waals surface area contributed by atoms with Gasteiger partial charge in [-0.05, 0) is 15.9 Å². The van der Waals surface area contributed by atoms with Crippen molar-refractivity contribution in [3.05, 3.63) is 10.4 Å². The van der Waals surface area contributed by atoms with Gasteiger partial charge >= 0.3 is 10.2 Å². The average molecular weight is 285 g/mol. The number of hydrogen-bond donors (Lipinski definition) is 0. The molecule has 0 atom stereocenters. The third kappa shape index (κ3) is 1.57. The van der Waals surface area contributed by atoms with E-state index in [1.165, 1.54) is 4.57 Å². The summed E-state index contributed by atoms with van der Waals surface area (Å²) >= 11 is 2.91. The van der Waals surface area contributed by atoms with Crippen LogP contribution >= 0.6 is 15.9 Å². The van der Waals surface area contributed by atoms with Crippen LogP contribution in [0.4, 0.5) is 3.89 Å². The van der Waals surface area contributed by atoms with Gasteiger partial charge in [-0.15, -0.1) is 0 Å². The summed E-state index contributed by atoms with van der Waals surface area (Å²) in [6, 6.07) is 0. The van der Waals surface area contributed by atoms with Gasteiger partial charge in [0.15, 0.2) is 0 Å². The summed E-state index contributed by atoms with van der Waals surface area (Å²) in [5, 5.41) is -0.421. The summed E-state index contributed by atoms with van der Waals surface area (Å²) in [7, 11) is -4.73. The first-order chi connectivity index (χ1) is 6.50. The van der Waals surface area contributed by atoms with Crippen molar-refractivity contribution in [1.82, 2.24) is 9.55 Å². The summed E-state index contributed by atoms with van der Waals surface area (Å²) in [4.78, 5) is 3.85. The van der Waals surface area contributed by atoms with E-state index in [-0.39, 0.29) is 11.2 Å². The Labute approximate surface area is 88.2 Å². The van der Waals surface area contributed by atoms with E-state index in [0.717, 1.165) is 0 Å². The first-order valence-electron chi connectivity index (χ1n) is 3.77. The van der Waals surface area contributed by atoms with Crippen molar-refractivity contribution in [1.29, 1.82) is 0 Å². The van der Waals surface area contributed by atoms with Crippen LogP contribution in [0.5, 0.6) is 0 Å². The zero-order valence-electron chi connectivity index (χ0n) is 6.90. The maximum absolute atomic E-state index is 12.8. The minimum Gasteiger partial charge on any atom is -0.372 e. The van der Waals surface area contributed by atoms with E-state index < -0.39 is 15.2 Å². The van der Waals surface area contributed by atoms with Crippen LogP contribution in [-0.2, 0) is 28.1 Å². The van der Waals surface area contributed by atoms with E-state index in [1.807, 2.05) is 0 Å². The topological polar surface area (TPSA) is 61.2 Å².